The Morgan fingerprint density at radius 2 is 1.09 bits per heavy atom. The number of hydrogen-bond acceptors (Lipinski definition) is 7. The monoisotopic (exact) mass is 483 g/mol. The van der Waals surface area contributed by atoms with Crippen molar-refractivity contribution in [2.45, 2.75) is 27.7 Å². The van der Waals surface area contributed by atoms with Crippen molar-refractivity contribution in [3.05, 3.63) is 108 Å². The lowest BCUT2D eigenvalue weighted by molar-refractivity contribution is -0.385. The normalized spacial score (nSPS) is 9.60. The molecular formula is C24H25N3O8. The van der Waals surface area contributed by atoms with Crippen LogP contribution in [0.5, 0.6) is 0 Å². The molecule has 11 nitrogen and oxygen atoms in total. The standard InChI is InChI=1S/C8H7NO4.2C8H9NO2/c1-5-2-3-7(9(12)13)6(4-5)8(10)11;1-6-3-4-8(9(10)11)7(2)5-6;1-5-2-3-7(9)6(4-5)8(10)11/h2-4H,1H3,(H,10,11);3-5H,1-2H3;2-4H,9H2,1H3,(H,10,11). The number of carbonyl (C=O) groups is 2. The van der Waals surface area contributed by atoms with E-state index < -0.39 is 16.9 Å². The fourth-order valence-corrected chi connectivity index (χ4v) is 2.85. The molecule has 0 atom stereocenters. The van der Waals surface area contributed by atoms with Gasteiger partial charge in [0.2, 0.25) is 0 Å². The first-order valence-corrected chi connectivity index (χ1v) is 10.0. The average Bonchev–Trinajstić information content (AvgIpc) is 2.75. The fraction of sp³-hybridized carbons (Fsp3) is 0.167. The summed E-state index contributed by atoms with van der Waals surface area (Å²) in [7, 11) is 0. The molecule has 3 aromatic carbocycles. The number of anilines is 1. The molecule has 184 valence electrons. The maximum Gasteiger partial charge on any atom is 0.342 e. The molecule has 0 saturated carbocycles. The van der Waals surface area contributed by atoms with Gasteiger partial charge in [-0.05, 0) is 57.5 Å². The Labute approximate surface area is 200 Å². The van der Waals surface area contributed by atoms with Crippen molar-refractivity contribution in [2.24, 2.45) is 0 Å². The van der Waals surface area contributed by atoms with Gasteiger partial charge in [-0.3, -0.25) is 20.2 Å². The second kappa shape index (κ2) is 12.4. The van der Waals surface area contributed by atoms with Gasteiger partial charge in [0.1, 0.15) is 5.56 Å². The Balaban J connectivity index is 0.000000264. The SMILES string of the molecule is Cc1ccc(N)c(C(=O)O)c1.Cc1ccc([N+](=O)[O-])c(C(=O)O)c1.Cc1ccc([N+](=O)[O-])c(C)c1. The Morgan fingerprint density at radius 3 is 1.49 bits per heavy atom. The van der Waals surface area contributed by atoms with Crippen LogP contribution in [0.15, 0.2) is 54.6 Å². The highest BCUT2D eigenvalue weighted by atomic mass is 16.6. The lowest BCUT2D eigenvalue weighted by Gasteiger charge is -2.00. The van der Waals surface area contributed by atoms with E-state index in [1.54, 1.807) is 44.2 Å². The highest BCUT2D eigenvalue weighted by Gasteiger charge is 2.18. The van der Waals surface area contributed by atoms with E-state index in [0.717, 1.165) is 16.7 Å². The van der Waals surface area contributed by atoms with Gasteiger partial charge in [-0.1, -0.05) is 29.3 Å². The number of nitro groups is 2. The molecule has 0 saturated heterocycles. The van der Waals surface area contributed by atoms with Gasteiger partial charge >= 0.3 is 11.9 Å². The van der Waals surface area contributed by atoms with Crippen molar-refractivity contribution in [1.82, 2.24) is 0 Å². The minimum atomic E-state index is -1.28. The molecule has 0 aliphatic carbocycles. The van der Waals surface area contributed by atoms with Crippen LogP contribution in [0.3, 0.4) is 0 Å². The van der Waals surface area contributed by atoms with Gasteiger partial charge in [0.25, 0.3) is 11.4 Å². The number of benzene rings is 3. The summed E-state index contributed by atoms with van der Waals surface area (Å²) >= 11 is 0. The molecule has 3 aromatic rings. The molecule has 3 rings (SSSR count). The van der Waals surface area contributed by atoms with E-state index in [9.17, 15) is 29.8 Å². The Bertz CT molecular complexity index is 1270. The van der Waals surface area contributed by atoms with Crippen LogP contribution >= 0.6 is 0 Å². The number of aromatic carboxylic acids is 2. The molecule has 0 heterocycles. The van der Waals surface area contributed by atoms with Crippen molar-refractivity contribution in [3.63, 3.8) is 0 Å². The van der Waals surface area contributed by atoms with E-state index in [-0.39, 0.29) is 27.4 Å². The first-order chi connectivity index (χ1) is 16.2. The van der Waals surface area contributed by atoms with Gasteiger partial charge in [0.15, 0.2) is 0 Å². The van der Waals surface area contributed by atoms with Gasteiger partial charge in [-0.25, -0.2) is 9.59 Å². The zero-order chi connectivity index (χ0) is 26.9. The van der Waals surface area contributed by atoms with Gasteiger partial charge in [0, 0.05) is 23.4 Å². The lowest BCUT2D eigenvalue weighted by Crippen LogP contribution is -2.02. The molecule has 4 N–H and O–H groups in total. The van der Waals surface area contributed by atoms with E-state index in [2.05, 4.69) is 0 Å². The van der Waals surface area contributed by atoms with Gasteiger partial charge < -0.3 is 15.9 Å². The number of carboxylic acid groups (broad SMARTS) is 2. The minimum Gasteiger partial charge on any atom is -0.478 e. The molecule has 0 radical (unpaired) electrons. The molecule has 11 heteroatoms. The van der Waals surface area contributed by atoms with Crippen LogP contribution in [-0.2, 0) is 0 Å². The first-order valence-electron chi connectivity index (χ1n) is 10.0. The van der Waals surface area contributed by atoms with Crippen LogP contribution < -0.4 is 5.73 Å². The first kappa shape index (κ1) is 28.2. The number of hydrogen-bond donors (Lipinski definition) is 3. The van der Waals surface area contributed by atoms with Crippen LogP contribution in [0.2, 0.25) is 0 Å². The molecule has 0 aromatic heterocycles. The second-order valence-electron chi connectivity index (χ2n) is 7.53. The summed E-state index contributed by atoms with van der Waals surface area (Å²) < 4.78 is 0. The molecular weight excluding hydrogens is 458 g/mol. The zero-order valence-electron chi connectivity index (χ0n) is 19.5. The van der Waals surface area contributed by atoms with Crippen molar-refractivity contribution in [1.29, 1.82) is 0 Å². The quantitative estimate of drug-likeness (QED) is 0.258. The molecule has 0 aliphatic rings. The third kappa shape index (κ3) is 8.57. The number of rotatable bonds is 4. The van der Waals surface area contributed by atoms with Gasteiger partial charge in [-0.15, -0.1) is 0 Å². The fourth-order valence-electron chi connectivity index (χ4n) is 2.85. The summed E-state index contributed by atoms with van der Waals surface area (Å²) in [5.41, 5.74) is 8.78. The van der Waals surface area contributed by atoms with Crippen LogP contribution in [-0.4, -0.2) is 32.0 Å². The van der Waals surface area contributed by atoms with Crippen LogP contribution in [0.25, 0.3) is 0 Å². The van der Waals surface area contributed by atoms with Crippen molar-refractivity contribution in [3.8, 4) is 0 Å². The summed E-state index contributed by atoms with van der Waals surface area (Å²) in [4.78, 5) is 40.7. The Kier molecular flexibility index (Phi) is 10.0. The highest BCUT2D eigenvalue weighted by Crippen LogP contribution is 2.19. The summed E-state index contributed by atoms with van der Waals surface area (Å²) in [6.45, 7) is 7.16. The van der Waals surface area contributed by atoms with Crippen molar-refractivity contribution in [2.75, 3.05) is 5.73 Å². The topological polar surface area (TPSA) is 187 Å². The summed E-state index contributed by atoms with van der Waals surface area (Å²) in [6, 6.07) is 14.0. The molecule has 0 aliphatic heterocycles. The maximum atomic E-state index is 10.6. The molecule has 0 unspecified atom stereocenters. The Hall–Kier alpha value is -4.80. The smallest absolute Gasteiger partial charge is 0.342 e. The van der Waals surface area contributed by atoms with E-state index >= 15 is 0 Å². The van der Waals surface area contributed by atoms with Crippen LogP contribution in [0, 0.1) is 47.9 Å². The second-order valence-corrected chi connectivity index (χ2v) is 7.53. The summed E-state index contributed by atoms with van der Waals surface area (Å²) in [5.74, 6) is -2.26. The predicted molar refractivity (Wildman–Crippen MR) is 130 cm³/mol. The van der Waals surface area contributed by atoms with Gasteiger partial charge in [-0.2, -0.15) is 0 Å². The third-order valence-electron chi connectivity index (χ3n) is 4.57. The Morgan fingerprint density at radius 1 is 0.686 bits per heavy atom. The highest BCUT2D eigenvalue weighted by molar-refractivity contribution is 5.93. The molecule has 0 fully saturated rings. The molecule has 35 heavy (non-hydrogen) atoms. The van der Waals surface area contributed by atoms with Crippen LogP contribution in [0.4, 0.5) is 17.1 Å². The number of nitrogens with zero attached hydrogens (tertiary/aromatic N) is 2. The van der Waals surface area contributed by atoms with E-state index in [4.69, 9.17) is 15.9 Å². The van der Waals surface area contributed by atoms with E-state index in [1.807, 2.05) is 13.8 Å². The predicted octanol–water partition coefficient (Wildman–Crippen LogP) is 5.09. The van der Waals surface area contributed by atoms with E-state index in [0.29, 0.717) is 11.3 Å². The number of aryl methyl sites for hydroxylation is 4. The number of carboxylic acids is 2. The van der Waals surface area contributed by atoms with Crippen molar-refractivity contribution >= 4 is 29.0 Å². The zero-order valence-corrected chi connectivity index (χ0v) is 19.5. The van der Waals surface area contributed by atoms with Gasteiger partial charge in [0.05, 0.1) is 15.4 Å². The lowest BCUT2D eigenvalue weighted by atomic mass is 10.1. The largest absolute Gasteiger partial charge is 0.478 e. The summed E-state index contributed by atoms with van der Waals surface area (Å²) in [6.07, 6.45) is 0. The van der Waals surface area contributed by atoms with E-state index in [1.165, 1.54) is 24.3 Å². The average molecular weight is 483 g/mol. The number of nitrogens with two attached hydrogens (primary N) is 1. The number of nitro benzene ring substituents is 2. The third-order valence-corrected chi connectivity index (χ3v) is 4.57. The maximum absolute atomic E-state index is 10.6. The number of nitrogen functional groups attached to an aromatic ring is 1. The molecule has 0 spiro atoms. The molecule has 0 bridgehead atoms. The van der Waals surface area contributed by atoms with Crippen LogP contribution in [0.1, 0.15) is 43.0 Å². The minimum absolute atomic E-state index is 0.171. The molecule has 0 amide bonds. The van der Waals surface area contributed by atoms with Crippen molar-refractivity contribution < 1.29 is 29.6 Å². The summed E-state index contributed by atoms with van der Waals surface area (Å²) in [5, 5.41) is 38.0.